The molecule has 1 aliphatic heterocycles. The molecule has 0 saturated carbocycles. The molecule has 1 fully saturated rings. The van der Waals surface area contributed by atoms with E-state index >= 15 is 0 Å². The second-order valence-electron chi connectivity index (χ2n) is 6.54. The first-order valence-electron chi connectivity index (χ1n) is 8.42. The van der Waals surface area contributed by atoms with E-state index in [-0.39, 0.29) is 5.88 Å². The van der Waals surface area contributed by atoms with Gasteiger partial charge in [0, 0.05) is 36.1 Å². The molecule has 1 N–H and O–H groups in total. The van der Waals surface area contributed by atoms with Gasteiger partial charge in [-0.3, -0.25) is 13.8 Å². The van der Waals surface area contributed by atoms with Crippen LogP contribution in [0.4, 0.5) is 0 Å². The number of aromatic amines is 1. The van der Waals surface area contributed by atoms with E-state index in [1.54, 1.807) is 6.20 Å². The Bertz CT molecular complexity index is 882. The van der Waals surface area contributed by atoms with Crippen LogP contribution in [0.3, 0.4) is 0 Å². The summed E-state index contributed by atoms with van der Waals surface area (Å²) >= 11 is -1.99. The van der Waals surface area contributed by atoms with Crippen LogP contribution in [0.1, 0.15) is 12.8 Å². The molecule has 1 aliphatic rings. The highest BCUT2D eigenvalue weighted by molar-refractivity contribution is 7.79. The van der Waals surface area contributed by atoms with Gasteiger partial charge < -0.3 is 9.54 Å². The van der Waals surface area contributed by atoms with E-state index in [9.17, 15) is 8.76 Å². The average molecular weight is 358 g/mol. The molecular formula is C17H20N5O2S-. The Morgan fingerprint density at radius 2 is 2.16 bits per heavy atom. The summed E-state index contributed by atoms with van der Waals surface area (Å²) in [5, 5.41) is 5.62. The number of pyridine rings is 1. The molecule has 1 atom stereocenters. The lowest BCUT2D eigenvalue weighted by atomic mass is 9.97. The number of likely N-dealkylation sites (tertiary alicyclic amines) is 1. The third-order valence-electron chi connectivity index (χ3n) is 4.84. The van der Waals surface area contributed by atoms with E-state index in [1.807, 2.05) is 34.1 Å². The molecule has 0 aliphatic carbocycles. The molecule has 8 heteroatoms. The second kappa shape index (κ2) is 7.07. The minimum Gasteiger partial charge on any atom is -0.771 e. The van der Waals surface area contributed by atoms with Gasteiger partial charge >= 0.3 is 0 Å². The first-order valence-corrected chi connectivity index (χ1v) is 9.66. The van der Waals surface area contributed by atoms with Crippen LogP contribution in [0.15, 0.2) is 36.9 Å². The Morgan fingerprint density at radius 1 is 1.32 bits per heavy atom. The smallest absolute Gasteiger partial charge is 0.137 e. The highest BCUT2D eigenvalue weighted by atomic mass is 32.2. The van der Waals surface area contributed by atoms with Gasteiger partial charge in [-0.25, -0.2) is 4.98 Å². The SMILES string of the molecule is O=S([O-])CN1CCC(Cn2cc(-c3ccnc4[nH]ccc34)cn2)CC1. The summed E-state index contributed by atoms with van der Waals surface area (Å²) in [7, 11) is 0. The topological polar surface area (TPSA) is 89.9 Å². The Kier molecular flexibility index (Phi) is 4.65. The van der Waals surface area contributed by atoms with E-state index in [0.717, 1.165) is 54.6 Å². The zero-order valence-corrected chi connectivity index (χ0v) is 14.6. The van der Waals surface area contributed by atoms with Crippen molar-refractivity contribution in [1.82, 2.24) is 24.6 Å². The van der Waals surface area contributed by atoms with Crippen LogP contribution in [0.2, 0.25) is 0 Å². The second-order valence-corrected chi connectivity index (χ2v) is 7.41. The van der Waals surface area contributed by atoms with Crippen LogP contribution in [-0.4, -0.2) is 52.4 Å². The van der Waals surface area contributed by atoms with Crippen LogP contribution in [0.25, 0.3) is 22.2 Å². The van der Waals surface area contributed by atoms with E-state index < -0.39 is 11.1 Å². The molecule has 0 radical (unpaired) electrons. The Balaban J connectivity index is 1.42. The predicted molar refractivity (Wildman–Crippen MR) is 95.4 cm³/mol. The van der Waals surface area contributed by atoms with Crippen molar-refractivity contribution in [1.29, 1.82) is 0 Å². The van der Waals surface area contributed by atoms with E-state index in [1.165, 1.54) is 0 Å². The summed E-state index contributed by atoms with van der Waals surface area (Å²) in [6, 6.07) is 4.05. The predicted octanol–water partition coefficient (Wildman–Crippen LogP) is 1.97. The van der Waals surface area contributed by atoms with Gasteiger partial charge in [0.1, 0.15) is 5.65 Å². The molecule has 3 aromatic rings. The highest BCUT2D eigenvalue weighted by Gasteiger charge is 2.20. The fourth-order valence-electron chi connectivity index (χ4n) is 3.53. The van der Waals surface area contributed by atoms with Gasteiger partial charge in [0.15, 0.2) is 0 Å². The Labute approximate surface area is 148 Å². The maximum absolute atomic E-state index is 10.8. The molecule has 25 heavy (non-hydrogen) atoms. The summed E-state index contributed by atoms with van der Waals surface area (Å²) in [6.45, 7) is 2.54. The monoisotopic (exact) mass is 358 g/mol. The van der Waals surface area contributed by atoms with Crippen molar-refractivity contribution in [2.75, 3.05) is 19.0 Å². The van der Waals surface area contributed by atoms with Gasteiger partial charge in [-0.05, 0) is 60.6 Å². The number of rotatable bonds is 5. The zero-order chi connectivity index (χ0) is 17.2. The largest absolute Gasteiger partial charge is 0.771 e. The molecule has 0 aromatic carbocycles. The summed E-state index contributed by atoms with van der Waals surface area (Å²) in [5.41, 5.74) is 3.10. The molecule has 132 valence electrons. The standard InChI is InChI=1S/C17H21N5O2S/c23-25(24)12-21-7-3-13(4-8-21)10-22-11-14(9-20-22)15-1-5-18-17-16(15)2-6-19-17/h1-2,5-6,9,11,13H,3-4,7-8,10,12H2,(H,18,19)(H,23,24)/p-1. The number of aromatic nitrogens is 4. The number of fused-ring (bicyclic) bond motifs is 1. The normalized spacial score (nSPS) is 18.0. The summed E-state index contributed by atoms with van der Waals surface area (Å²) in [5.74, 6) is 0.682. The van der Waals surface area contributed by atoms with Gasteiger partial charge in [-0.1, -0.05) is 0 Å². The minimum absolute atomic E-state index is 0.146. The molecule has 1 unspecified atom stereocenters. The summed E-state index contributed by atoms with van der Waals surface area (Å²) in [6.07, 6.45) is 9.70. The lowest BCUT2D eigenvalue weighted by Gasteiger charge is -2.32. The fourth-order valence-corrected chi connectivity index (χ4v) is 4.08. The molecule has 0 bridgehead atoms. The molecule has 3 aromatic heterocycles. The third kappa shape index (κ3) is 3.65. The molecule has 0 amide bonds. The van der Waals surface area contributed by atoms with Gasteiger partial charge in [-0.15, -0.1) is 0 Å². The van der Waals surface area contributed by atoms with Crippen LogP contribution in [0, 0.1) is 5.92 Å². The first kappa shape index (κ1) is 16.4. The molecule has 4 heterocycles. The molecule has 0 spiro atoms. The van der Waals surface area contributed by atoms with Crippen molar-refractivity contribution in [2.24, 2.45) is 5.92 Å². The van der Waals surface area contributed by atoms with E-state index in [2.05, 4.69) is 21.3 Å². The van der Waals surface area contributed by atoms with Crippen molar-refractivity contribution in [3.05, 3.63) is 36.9 Å². The van der Waals surface area contributed by atoms with E-state index in [4.69, 9.17) is 0 Å². The highest BCUT2D eigenvalue weighted by Crippen LogP contribution is 2.27. The number of nitrogens with zero attached hydrogens (tertiary/aromatic N) is 4. The van der Waals surface area contributed by atoms with Gasteiger partial charge in [0.2, 0.25) is 0 Å². The van der Waals surface area contributed by atoms with Crippen molar-refractivity contribution in [2.45, 2.75) is 19.4 Å². The quantitative estimate of drug-likeness (QED) is 0.704. The Hall–Kier alpha value is -2.03. The van der Waals surface area contributed by atoms with Gasteiger partial charge in [-0.2, -0.15) is 5.10 Å². The van der Waals surface area contributed by atoms with Crippen LogP contribution in [-0.2, 0) is 17.6 Å². The lowest BCUT2D eigenvalue weighted by Crippen LogP contribution is -2.36. The number of hydrogen-bond donors (Lipinski definition) is 1. The summed E-state index contributed by atoms with van der Waals surface area (Å²) in [4.78, 5) is 9.45. The Morgan fingerprint density at radius 3 is 2.96 bits per heavy atom. The van der Waals surface area contributed by atoms with Crippen LogP contribution >= 0.6 is 0 Å². The number of hydrogen-bond acceptors (Lipinski definition) is 5. The van der Waals surface area contributed by atoms with Crippen molar-refractivity contribution in [3.8, 4) is 11.1 Å². The molecule has 1 saturated heterocycles. The number of nitrogens with one attached hydrogen (secondary N) is 1. The average Bonchev–Trinajstić information content (AvgIpc) is 3.25. The molecule has 4 rings (SSSR count). The van der Waals surface area contributed by atoms with Crippen molar-refractivity contribution in [3.63, 3.8) is 0 Å². The first-order chi connectivity index (χ1) is 12.2. The lowest BCUT2D eigenvalue weighted by molar-refractivity contribution is 0.191. The van der Waals surface area contributed by atoms with Crippen LogP contribution in [0.5, 0.6) is 0 Å². The number of piperidine rings is 1. The fraction of sp³-hybridized carbons (Fsp3) is 0.412. The van der Waals surface area contributed by atoms with Gasteiger partial charge in [0.25, 0.3) is 0 Å². The summed E-state index contributed by atoms with van der Waals surface area (Å²) < 4.78 is 23.6. The van der Waals surface area contributed by atoms with Crippen molar-refractivity contribution < 1.29 is 8.76 Å². The van der Waals surface area contributed by atoms with E-state index in [0.29, 0.717) is 5.92 Å². The third-order valence-corrected chi connectivity index (χ3v) is 5.42. The van der Waals surface area contributed by atoms with Crippen molar-refractivity contribution >= 4 is 22.1 Å². The molecule has 7 nitrogen and oxygen atoms in total. The number of H-pyrrole nitrogens is 1. The maximum Gasteiger partial charge on any atom is 0.137 e. The maximum atomic E-state index is 10.8. The molecular weight excluding hydrogens is 338 g/mol. The minimum atomic E-state index is -1.99. The zero-order valence-electron chi connectivity index (χ0n) is 13.8. The van der Waals surface area contributed by atoms with Crippen LogP contribution < -0.4 is 0 Å². The van der Waals surface area contributed by atoms with Gasteiger partial charge in [0.05, 0.1) is 12.1 Å².